The Kier molecular flexibility index (Phi) is 6.44. The second-order valence-electron chi connectivity index (χ2n) is 8.78. The summed E-state index contributed by atoms with van der Waals surface area (Å²) in [6.45, 7) is 6.70. The molecule has 2 aliphatic rings. The predicted octanol–water partition coefficient (Wildman–Crippen LogP) is 3.86. The van der Waals surface area contributed by atoms with Gasteiger partial charge < -0.3 is 20.5 Å². The van der Waals surface area contributed by atoms with Gasteiger partial charge in [-0.05, 0) is 61.3 Å². The molecule has 1 aliphatic carbocycles. The van der Waals surface area contributed by atoms with E-state index in [0.29, 0.717) is 31.1 Å². The highest BCUT2D eigenvalue weighted by Crippen LogP contribution is 2.34. The number of ether oxygens (including phenoxy) is 1. The first-order valence-corrected chi connectivity index (χ1v) is 11.2. The molecule has 1 saturated carbocycles. The van der Waals surface area contributed by atoms with Crippen LogP contribution in [0.2, 0.25) is 0 Å². The van der Waals surface area contributed by atoms with Crippen LogP contribution in [0.25, 0.3) is 5.70 Å². The molecule has 0 bridgehead atoms. The van der Waals surface area contributed by atoms with E-state index in [0.717, 1.165) is 43.6 Å². The molecule has 1 saturated heterocycles. The molecular weight excluding hydrogens is 388 g/mol. The first-order valence-electron chi connectivity index (χ1n) is 11.2. The van der Waals surface area contributed by atoms with Crippen molar-refractivity contribution in [3.63, 3.8) is 0 Å². The van der Waals surface area contributed by atoms with Gasteiger partial charge in [-0.25, -0.2) is 0 Å². The fourth-order valence-corrected chi connectivity index (χ4v) is 4.48. The zero-order valence-corrected chi connectivity index (χ0v) is 18.1. The van der Waals surface area contributed by atoms with Crippen LogP contribution in [0.4, 0.5) is 0 Å². The molecule has 2 aromatic rings. The van der Waals surface area contributed by atoms with E-state index >= 15 is 0 Å². The van der Waals surface area contributed by atoms with Gasteiger partial charge in [-0.3, -0.25) is 4.79 Å². The fourth-order valence-electron chi connectivity index (χ4n) is 4.48. The number of hydrogen-bond acceptors (Lipinski definition) is 5. The number of carbonyl (C=O) groups excluding carboxylic acids is 1. The second-order valence-corrected chi connectivity index (χ2v) is 8.78. The number of nitrogens with two attached hydrogens (primary N) is 1. The molecule has 0 amide bonds. The second kappa shape index (κ2) is 9.25. The quantitative estimate of drug-likeness (QED) is 0.678. The van der Waals surface area contributed by atoms with Gasteiger partial charge in [0.2, 0.25) is 5.78 Å². The summed E-state index contributed by atoms with van der Waals surface area (Å²) in [5.41, 5.74) is 9.16. The van der Waals surface area contributed by atoms with Crippen molar-refractivity contribution in [2.45, 2.75) is 50.2 Å². The van der Waals surface area contributed by atoms with Crippen molar-refractivity contribution in [2.75, 3.05) is 19.7 Å². The monoisotopic (exact) mass is 420 g/mol. The molecule has 4 rings (SSSR count). The summed E-state index contributed by atoms with van der Waals surface area (Å²) in [5.74, 6) is 0.945. The maximum atomic E-state index is 12.2. The first kappa shape index (κ1) is 21.6. The van der Waals surface area contributed by atoms with Gasteiger partial charge in [0.1, 0.15) is 18.0 Å². The van der Waals surface area contributed by atoms with Crippen LogP contribution in [0.5, 0.6) is 5.75 Å². The fraction of sp³-hybridized carbons (Fsp3) is 0.423. The molecule has 5 nitrogen and oxygen atoms in total. The van der Waals surface area contributed by atoms with Crippen molar-refractivity contribution in [2.24, 2.45) is 5.73 Å². The highest BCUT2D eigenvalue weighted by molar-refractivity contribution is 5.89. The number of hydrogen-bond donors (Lipinski definition) is 2. The van der Waals surface area contributed by atoms with Crippen molar-refractivity contribution >= 4 is 11.5 Å². The molecular formula is C26H32N2O3. The molecule has 5 heteroatoms. The molecule has 0 radical (unpaired) electrons. The predicted molar refractivity (Wildman–Crippen MR) is 123 cm³/mol. The van der Waals surface area contributed by atoms with Crippen molar-refractivity contribution in [1.29, 1.82) is 0 Å². The molecule has 164 valence electrons. The molecule has 0 atom stereocenters. The van der Waals surface area contributed by atoms with E-state index in [1.807, 2.05) is 24.3 Å². The van der Waals surface area contributed by atoms with Crippen LogP contribution in [-0.4, -0.2) is 41.1 Å². The van der Waals surface area contributed by atoms with Gasteiger partial charge in [-0.15, -0.1) is 0 Å². The SMILES string of the molecule is C=C(c1cccc(OCC(=O)C2(O)CCC2)c1)N1CCC(c2cccc(CN)c2)CC1. The van der Waals surface area contributed by atoms with Gasteiger partial charge in [-0.2, -0.15) is 0 Å². The van der Waals surface area contributed by atoms with Crippen LogP contribution in [-0.2, 0) is 11.3 Å². The van der Waals surface area contributed by atoms with E-state index in [2.05, 4.69) is 35.7 Å². The highest BCUT2D eigenvalue weighted by Gasteiger charge is 2.41. The summed E-state index contributed by atoms with van der Waals surface area (Å²) in [4.78, 5) is 14.5. The number of likely N-dealkylation sites (tertiary alicyclic amines) is 1. The lowest BCUT2D eigenvalue weighted by molar-refractivity contribution is -0.148. The number of carbonyl (C=O) groups is 1. The Bertz CT molecular complexity index is 943. The van der Waals surface area contributed by atoms with E-state index in [9.17, 15) is 9.90 Å². The molecule has 1 heterocycles. The van der Waals surface area contributed by atoms with Crippen molar-refractivity contribution < 1.29 is 14.6 Å². The molecule has 0 aromatic heterocycles. The van der Waals surface area contributed by atoms with Gasteiger partial charge in [0.25, 0.3) is 0 Å². The Hall–Kier alpha value is -2.63. The van der Waals surface area contributed by atoms with Gasteiger partial charge in [0.05, 0.1) is 0 Å². The van der Waals surface area contributed by atoms with E-state index in [-0.39, 0.29) is 12.4 Å². The van der Waals surface area contributed by atoms with E-state index in [1.165, 1.54) is 11.1 Å². The Morgan fingerprint density at radius 3 is 2.58 bits per heavy atom. The Labute approximate surface area is 184 Å². The zero-order chi connectivity index (χ0) is 21.8. The average molecular weight is 421 g/mol. The van der Waals surface area contributed by atoms with Gasteiger partial charge in [0.15, 0.2) is 0 Å². The maximum absolute atomic E-state index is 12.2. The Morgan fingerprint density at radius 2 is 1.90 bits per heavy atom. The molecule has 2 aromatic carbocycles. The highest BCUT2D eigenvalue weighted by atomic mass is 16.5. The molecule has 0 spiro atoms. The lowest BCUT2D eigenvalue weighted by atomic mass is 9.77. The van der Waals surface area contributed by atoms with Crippen molar-refractivity contribution in [3.8, 4) is 5.75 Å². The van der Waals surface area contributed by atoms with Gasteiger partial charge in [0, 0.05) is 30.9 Å². The lowest BCUT2D eigenvalue weighted by Gasteiger charge is -2.35. The van der Waals surface area contributed by atoms with E-state index in [1.54, 1.807) is 0 Å². The van der Waals surface area contributed by atoms with Crippen LogP contribution in [0.3, 0.4) is 0 Å². The Balaban J connectivity index is 1.33. The van der Waals surface area contributed by atoms with E-state index in [4.69, 9.17) is 10.5 Å². The lowest BCUT2D eigenvalue weighted by Crippen LogP contribution is -2.47. The molecule has 31 heavy (non-hydrogen) atoms. The Morgan fingerprint density at radius 1 is 1.16 bits per heavy atom. The third-order valence-electron chi connectivity index (χ3n) is 6.77. The molecule has 3 N–H and O–H groups in total. The minimum absolute atomic E-state index is 0.0975. The minimum atomic E-state index is -1.17. The van der Waals surface area contributed by atoms with Crippen LogP contribution in [0.15, 0.2) is 55.1 Å². The number of aliphatic hydroxyl groups is 1. The third-order valence-corrected chi connectivity index (χ3v) is 6.77. The van der Waals surface area contributed by atoms with E-state index < -0.39 is 5.60 Å². The number of nitrogens with zero attached hydrogens (tertiary/aromatic N) is 1. The normalized spacial score (nSPS) is 18.3. The largest absolute Gasteiger partial charge is 0.486 e. The number of ketones is 1. The summed E-state index contributed by atoms with van der Waals surface area (Å²) in [6.07, 6.45) is 4.14. The first-order chi connectivity index (χ1) is 15.0. The smallest absolute Gasteiger partial charge is 0.201 e. The van der Waals surface area contributed by atoms with Crippen LogP contribution < -0.4 is 10.5 Å². The van der Waals surface area contributed by atoms with Crippen LogP contribution >= 0.6 is 0 Å². The maximum Gasteiger partial charge on any atom is 0.201 e. The molecule has 0 unspecified atom stereocenters. The summed E-state index contributed by atoms with van der Waals surface area (Å²) in [6, 6.07) is 16.3. The number of Topliss-reactive ketones (excluding diaryl/α,β-unsaturated/α-hetero) is 1. The number of rotatable bonds is 8. The summed E-state index contributed by atoms with van der Waals surface area (Å²) < 4.78 is 5.69. The third kappa shape index (κ3) is 4.83. The van der Waals surface area contributed by atoms with Crippen LogP contribution in [0, 0.1) is 0 Å². The van der Waals surface area contributed by atoms with Crippen LogP contribution in [0.1, 0.15) is 54.7 Å². The standard InChI is InChI=1S/C26H32N2O3/c1-19(28-13-9-21(10-14-28)23-7-2-5-20(15-23)17-27)22-6-3-8-24(16-22)31-18-25(29)26(30)11-4-12-26/h2-3,5-8,15-16,21,30H,1,4,9-14,17-18,27H2. The summed E-state index contributed by atoms with van der Waals surface area (Å²) in [5, 5.41) is 10.1. The van der Waals surface area contributed by atoms with Gasteiger partial charge >= 0.3 is 0 Å². The van der Waals surface area contributed by atoms with Crippen molar-refractivity contribution in [1.82, 2.24) is 4.90 Å². The van der Waals surface area contributed by atoms with Crippen molar-refractivity contribution in [3.05, 3.63) is 71.8 Å². The topological polar surface area (TPSA) is 75.8 Å². The summed E-state index contributed by atoms with van der Waals surface area (Å²) >= 11 is 0. The molecule has 2 fully saturated rings. The number of piperidine rings is 1. The number of benzene rings is 2. The summed E-state index contributed by atoms with van der Waals surface area (Å²) in [7, 11) is 0. The minimum Gasteiger partial charge on any atom is -0.486 e. The zero-order valence-electron chi connectivity index (χ0n) is 18.1. The average Bonchev–Trinajstić information content (AvgIpc) is 2.80. The van der Waals surface area contributed by atoms with Gasteiger partial charge in [-0.1, -0.05) is 43.0 Å². The molecule has 1 aliphatic heterocycles.